The van der Waals surface area contributed by atoms with Gasteiger partial charge in [0.25, 0.3) is 0 Å². The Kier molecular flexibility index (Phi) is 3.73. The van der Waals surface area contributed by atoms with E-state index < -0.39 is 29.1 Å². The lowest BCUT2D eigenvalue weighted by molar-refractivity contribution is -0.148. The molecule has 1 saturated carbocycles. The quantitative estimate of drug-likeness (QED) is 0.894. The number of hydrogen-bond acceptors (Lipinski definition) is 5. The monoisotopic (exact) mass is 298 g/mol. The van der Waals surface area contributed by atoms with Gasteiger partial charge in [0.1, 0.15) is 5.60 Å². The van der Waals surface area contributed by atoms with E-state index in [1.54, 1.807) is 32.5 Å². The number of aliphatic carboxylic acids is 1. The maximum atomic E-state index is 11.9. The second-order valence-corrected chi connectivity index (χ2v) is 6.90. The van der Waals surface area contributed by atoms with Gasteiger partial charge in [-0.15, -0.1) is 11.3 Å². The second kappa shape index (κ2) is 5.05. The van der Waals surface area contributed by atoms with Gasteiger partial charge in [-0.05, 0) is 33.6 Å². The third kappa shape index (κ3) is 3.09. The van der Waals surface area contributed by atoms with Gasteiger partial charge in [-0.3, -0.25) is 9.78 Å². The highest BCUT2D eigenvalue weighted by Gasteiger charge is 2.51. The van der Waals surface area contributed by atoms with E-state index in [0.717, 1.165) is 4.88 Å². The minimum absolute atomic E-state index is 0.365. The van der Waals surface area contributed by atoms with Crippen molar-refractivity contribution in [2.45, 2.75) is 44.8 Å². The van der Waals surface area contributed by atoms with Gasteiger partial charge in [0.05, 0.1) is 21.8 Å². The van der Waals surface area contributed by atoms with Crippen LogP contribution < -0.4 is 5.32 Å². The summed E-state index contributed by atoms with van der Waals surface area (Å²) in [5.74, 6) is -1.27. The van der Waals surface area contributed by atoms with E-state index in [1.807, 2.05) is 0 Å². The number of nitrogens with zero attached hydrogens (tertiary/aromatic N) is 1. The zero-order chi connectivity index (χ0) is 15.0. The van der Waals surface area contributed by atoms with Gasteiger partial charge >= 0.3 is 12.1 Å². The summed E-state index contributed by atoms with van der Waals surface area (Å²) in [7, 11) is 0. The highest BCUT2D eigenvalue weighted by Crippen LogP contribution is 2.47. The molecule has 110 valence electrons. The number of alkyl carbamates (subject to hydrolysis) is 1. The largest absolute Gasteiger partial charge is 0.481 e. The molecule has 0 saturated heterocycles. The van der Waals surface area contributed by atoms with E-state index in [2.05, 4.69) is 10.3 Å². The van der Waals surface area contributed by atoms with Gasteiger partial charge in [-0.1, -0.05) is 0 Å². The van der Waals surface area contributed by atoms with Gasteiger partial charge in [0.15, 0.2) is 0 Å². The first-order valence-corrected chi connectivity index (χ1v) is 7.23. The molecular weight excluding hydrogens is 280 g/mol. The molecule has 0 spiro atoms. The molecule has 0 aromatic carbocycles. The average Bonchev–Trinajstić information content (AvgIpc) is 2.72. The zero-order valence-corrected chi connectivity index (χ0v) is 12.5. The molecule has 1 aliphatic carbocycles. The second-order valence-electron chi connectivity index (χ2n) is 6.02. The fourth-order valence-electron chi connectivity index (χ4n) is 2.27. The van der Waals surface area contributed by atoms with Crippen LogP contribution in [0.15, 0.2) is 11.7 Å². The Morgan fingerprint density at radius 3 is 2.60 bits per heavy atom. The van der Waals surface area contributed by atoms with Crippen molar-refractivity contribution < 1.29 is 19.4 Å². The summed E-state index contributed by atoms with van der Waals surface area (Å²) in [6, 6.07) is 0. The van der Waals surface area contributed by atoms with E-state index in [0.29, 0.717) is 12.8 Å². The number of carbonyl (C=O) groups is 2. The van der Waals surface area contributed by atoms with Crippen LogP contribution in [-0.2, 0) is 15.1 Å². The number of rotatable bonds is 3. The Morgan fingerprint density at radius 1 is 1.50 bits per heavy atom. The number of nitrogens with one attached hydrogen (secondary N) is 1. The minimum atomic E-state index is -0.837. The van der Waals surface area contributed by atoms with Crippen molar-refractivity contribution in [3.63, 3.8) is 0 Å². The molecule has 1 aromatic rings. The highest BCUT2D eigenvalue weighted by atomic mass is 32.1. The normalized spacial score (nSPS) is 25.6. The predicted octanol–water partition coefficient (Wildman–Crippen LogP) is 2.36. The van der Waals surface area contributed by atoms with Crippen LogP contribution in [0.5, 0.6) is 0 Å². The standard InChI is InChI=1S/C13H18N2O4S/c1-12(2,3)19-11(18)15-13(9-6-14-7-20-9)4-8(5-13)10(16)17/h6-8H,4-5H2,1-3H3,(H,15,18)(H,16,17). The first kappa shape index (κ1) is 14.8. The summed E-state index contributed by atoms with van der Waals surface area (Å²) < 4.78 is 5.25. The third-order valence-corrected chi connectivity index (χ3v) is 4.16. The molecule has 7 heteroatoms. The molecule has 6 nitrogen and oxygen atoms in total. The number of carboxylic acids is 1. The highest BCUT2D eigenvalue weighted by molar-refractivity contribution is 7.09. The number of ether oxygens (including phenoxy) is 1. The van der Waals surface area contributed by atoms with Crippen molar-refractivity contribution in [1.82, 2.24) is 10.3 Å². The Bertz CT molecular complexity index is 501. The molecular formula is C13H18N2O4S. The molecule has 0 radical (unpaired) electrons. The van der Waals surface area contributed by atoms with Crippen LogP contribution in [0.1, 0.15) is 38.5 Å². The number of hydrogen-bond donors (Lipinski definition) is 2. The molecule has 0 unspecified atom stereocenters. The van der Waals surface area contributed by atoms with Crippen molar-refractivity contribution in [2.24, 2.45) is 5.92 Å². The fraction of sp³-hybridized carbons (Fsp3) is 0.615. The van der Waals surface area contributed by atoms with Crippen molar-refractivity contribution >= 4 is 23.4 Å². The van der Waals surface area contributed by atoms with Gasteiger partial charge in [-0.25, -0.2) is 4.79 Å². The van der Waals surface area contributed by atoms with Crippen molar-refractivity contribution in [2.75, 3.05) is 0 Å². The summed E-state index contributed by atoms with van der Waals surface area (Å²) in [6.07, 6.45) is 1.86. The summed E-state index contributed by atoms with van der Waals surface area (Å²) in [5.41, 5.74) is 0.420. The summed E-state index contributed by atoms with van der Waals surface area (Å²) in [6.45, 7) is 5.35. The summed E-state index contributed by atoms with van der Waals surface area (Å²) in [5, 5.41) is 11.8. The number of carboxylic acid groups (broad SMARTS) is 1. The van der Waals surface area contributed by atoms with E-state index >= 15 is 0 Å². The average molecular weight is 298 g/mol. The van der Waals surface area contributed by atoms with E-state index in [-0.39, 0.29) is 0 Å². The number of amides is 1. The van der Waals surface area contributed by atoms with Crippen molar-refractivity contribution in [3.05, 3.63) is 16.6 Å². The van der Waals surface area contributed by atoms with Crippen LogP contribution in [0.2, 0.25) is 0 Å². The van der Waals surface area contributed by atoms with Gasteiger partial charge < -0.3 is 15.2 Å². The van der Waals surface area contributed by atoms with Crippen LogP contribution >= 0.6 is 11.3 Å². The molecule has 0 atom stereocenters. The number of thiazole rings is 1. The molecule has 0 aliphatic heterocycles. The molecule has 2 N–H and O–H groups in total. The maximum absolute atomic E-state index is 11.9. The van der Waals surface area contributed by atoms with Crippen LogP contribution in [0.4, 0.5) is 4.79 Å². The van der Waals surface area contributed by atoms with Crippen LogP contribution in [0.25, 0.3) is 0 Å². The van der Waals surface area contributed by atoms with Crippen LogP contribution in [-0.4, -0.2) is 27.8 Å². The van der Waals surface area contributed by atoms with Gasteiger partial charge in [0.2, 0.25) is 0 Å². The van der Waals surface area contributed by atoms with Gasteiger partial charge in [0, 0.05) is 6.20 Å². The van der Waals surface area contributed by atoms with Crippen LogP contribution in [0, 0.1) is 5.92 Å². The number of carbonyl (C=O) groups excluding carboxylic acids is 1. The third-order valence-electron chi connectivity index (χ3n) is 3.18. The smallest absolute Gasteiger partial charge is 0.408 e. The fourth-order valence-corrected chi connectivity index (χ4v) is 3.07. The molecule has 0 bridgehead atoms. The maximum Gasteiger partial charge on any atom is 0.408 e. The molecule has 1 heterocycles. The Labute approximate surface area is 121 Å². The topological polar surface area (TPSA) is 88.5 Å². The first-order chi connectivity index (χ1) is 9.22. The van der Waals surface area contributed by atoms with Crippen LogP contribution in [0.3, 0.4) is 0 Å². The molecule has 1 amide bonds. The van der Waals surface area contributed by atoms with Gasteiger partial charge in [-0.2, -0.15) is 0 Å². The van der Waals surface area contributed by atoms with E-state index in [4.69, 9.17) is 9.84 Å². The number of aromatic nitrogens is 1. The Balaban J connectivity index is 2.10. The molecule has 1 aromatic heterocycles. The molecule has 1 fully saturated rings. The SMILES string of the molecule is CC(C)(C)OC(=O)NC1(c2cncs2)CC(C(=O)O)C1. The predicted molar refractivity (Wildman–Crippen MR) is 73.5 cm³/mol. The lowest BCUT2D eigenvalue weighted by Gasteiger charge is -2.45. The lowest BCUT2D eigenvalue weighted by atomic mass is 9.67. The Hall–Kier alpha value is -1.63. The minimum Gasteiger partial charge on any atom is -0.481 e. The van der Waals surface area contributed by atoms with Crippen molar-refractivity contribution in [1.29, 1.82) is 0 Å². The summed E-state index contributed by atoms with van der Waals surface area (Å²) in [4.78, 5) is 27.8. The van der Waals surface area contributed by atoms with E-state index in [1.165, 1.54) is 11.3 Å². The zero-order valence-electron chi connectivity index (χ0n) is 11.7. The molecule has 20 heavy (non-hydrogen) atoms. The van der Waals surface area contributed by atoms with Crippen molar-refractivity contribution in [3.8, 4) is 0 Å². The lowest BCUT2D eigenvalue weighted by Crippen LogP contribution is -2.56. The molecule has 1 aliphatic rings. The summed E-state index contributed by atoms with van der Waals surface area (Å²) >= 11 is 1.41. The first-order valence-electron chi connectivity index (χ1n) is 6.35. The Morgan fingerprint density at radius 2 is 2.15 bits per heavy atom. The molecule has 2 rings (SSSR count). The van der Waals surface area contributed by atoms with E-state index in [9.17, 15) is 9.59 Å².